The SMILES string of the molecule is C=CCn1nc(C(=O)O)c2c1CCC(N(C)Cc1cnc(NC)nc1)C2. The van der Waals surface area contributed by atoms with Crippen molar-refractivity contribution in [3.8, 4) is 0 Å². The van der Waals surface area contributed by atoms with Crippen molar-refractivity contribution in [2.45, 2.75) is 38.4 Å². The van der Waals surface area contributed by atoms with Gasteiger partial charge in [0.05, 0.1) is 6.54 Å². The molecular formula is C18H24N6O2. The van der Waals surface area contributed by atoms with E-state index < -0.39 is 5.97 Å². The Morgan fingerprint density at radius 3 is 2.85 bits per heavy atom. The van der Waals surface area contributed by atoms with E-state index in [9.17, 15) is 9.90 Å². The molecule has 2 N–H and O–H groups in total. The van der Waals surface area contributed by atoms with Crippen LogP contribution in [0.15, 0.2) is 25.0 Å². The van der Waals surface area contributed by atoms with E-state index in [0.717, 1.165) is 29.7 Å². The fourth-order valence-electron chi connectivity index (χ4n) is 3.47. The van der Waals surface area contributed by atoms with E-state index in [-0.39, 0.29) is 11.7 Å². The van der Waals surface area contributed by atoms with E-state index in [1.165, 1.54) is 0 Å². The van der Waals surface area contributed by atoms with Crippen LogP contribution in [-0.4, -0.2) is 55.9 Å². The predicted molar refractivity (Wildman–Crippen MR) is 98.2 cm³/mol. The summed E-state index contributed by atoms with van der Waals surface area (Å²) < 4.78 is 1.77. The normalized spacial score (nSPS) is 16.3. The maximum absolute atomic E-state index is 11.6. The minimum atomic E-state index is -0.969. The van der Waals surface area contributed by atoms with Crippen molar-refractivity contribution in [2.75, 3.05) is 19.4 Å². The Hall–Kier alpha value is -2.74. The zero-order valence-electron chi connectivity index (χ0n) is 15.1. The van der Waals surface area contributed by atoms with Gasteiger partial charge in [0.2, 0.25) is 5.95 Å². The smallest absolute Gasteiger partial charge is 0.356 e. The van der Waals surface area contributed by atoms with Crippen LogP contribution in [0.4, 0.5) is 5.95 Å². The molecule has 2 aromatic rings. The van der Waals surface area contributed by atoms with Crippen LogP contribution >= 0.6 is 0 Å². The highest BCUT2D eigenvalue weighted by Gasteiger charge is 2.30. The van der Waals surface area contributed by atoms with E-state index in [1.54, 1.807) is 17.8 Å². The van der Waals surface area contributed by atoms with Crippen LogP contribution in [0.2, 0.25) is 0 Å². The summed E-state index contributed by atoms with van der Waals surface area (Å²) in [5.74, 6) is -0.372. The molecule has 0 aliphatic heterocycles. The van der Waals surface area contributed by atoms with Crippen molar-refractivity contribution in [3.05, 3.63) is 47.6 Å². The number of anilines is 1. The summed E-state index contributed by atoms with van der Waals surface area (Å²) in [6.45, 7) is 4.98. The van der Waals surface area contributed by atoms with E-state index in [1.807, 2.05) is 12.4 Å². The van der Waals surface area contributed by atoms with Crippen LogP contribution in [0.5, 0.6) is 0 Å². The van der Waals surface area contributed by atoms with Crippen molar-refractivity contribution in [2.24, 2.45) is 0 Å². The molecule has 1 aliphatic carbocycles. The fourth-order valence-corrected chi connectivity index (χ4v) is 3.47. The summed E-state index contributed by atoms with van der Waals surface area (Å²) in [5.41, 5.74) is 3.07. The minimum absolute atomic E-state index is 0.168. The van der Waals surface area contributed by atoms with Crippen LogP contribution in [0.3, 0.4) is 0 Å². The molecule has 3 rings (SSSR count). The summed E-state index contributed by atoms with van der Waals surface area (Å²) in [6.07, 6.45) is 7.82. The third-order valence-corrected chi connectivity index (χ3v) is 4.81. The van der Waals surface area contributed by atoms with E-state index in [2.05, 4.69) is 38.9 Å². The van der Waals surface area contributed by atoms with Crippen molar-refractivity contribution >= 4 is 11.9 Å². The number of carbonyl (C=O) groups is 1. The van der Waals surface area contributed by atoms with Gasteiger partial charge in [0.25, 0.3) is 0 Å². The second-order valence-electron chi connectivity index (χ2n) is 6.53. The minimum Gasteiger partial charge on any atom is -0.476 e. The predicted octanol–water partition coefficient (Wildman–Crippen LogP) is 1.59. The monoisotopic (exact) mass is 356 g/mol. The Morgan fingerprint density at radius 1 is 1.50 bits per heavy atom. The first-order valence-electron chi connectivity index (χ1n) is 8.65. The molecule has 138 valence electrons. The van der Waals surface area contributed by atoms with Gasteiger partial charge in [-0.2, -0.15) is 5.10 Å². The maximum atomic E-state index is 11.6. The van der Waals surface area contributed by atoms with Crippen molar-refractivity contribution in [3.63, 3.8) is 0 Å². The van der Waals surface area contributed by atoms with Crippen LogP contribution < -0.4 is 5.32 Å². The summed E-state index contributed by atoms with van der Waals surface area (Å²) in [4.78, 5) is 22.3. The molecule has 2 heterocycles. The van der Waals surface area contributed by atoms with Gasteiger partial charge < -0.3 is 10.4 Å². The molecule has 1 atom stereocenters. The number of rotatable bonds is 7. The second-order valence-corrected chi connectivity index (χ2v) is 6.53. The molecule has 2 aromatic heterocycles. The van der Waals surface area contributed by atoms with E-state index >= 15 is 0 Å². The number of likely N-dealkylation sites (N-methyl/N-ethyl adjacent to an activating group) is 1. The standard InChI is InChI=1S/C18H24N6O2/c1-4-7-24-15-6-5-13(8-14(15)16(22-24)17(25)26)23(3)11-12-9-20-18(19-2)21-10-12/h4,9-10,13H,1,5-8,11H2,2-3H3,(H,25,26)(H,19,20,21). The molecule has 26 heavy (non-hydrogen) atoms. The average Bonchev–Trinajstić information content (AvgIpc) is 3.01. The zero-order valence-corrected chi connectivity index (χ0v) is 15.1. The Kier molecular flexibility index (Phi) is 5.32. The summed E-state index contributed by atoms with van der Waals surface area (Å²) >= 11 is 0. The molecule has 1 unspecified atom stereocenters. The topological polar surface area (TPSA) is 96.2 Å². The molecule has 8 heteroatoms. The van der Waals surface area contributed by atoms with Crippen LogP contribution in [0, 0.1) is 0 Å². The van der Waals surface area contributed by atoms with Gasteiger partial charge in [0.1, 0.15) is 0 Å². The van der Waals surface area contributed by atoms with Gasteiger partial charge in [-0.15, -0.1) is 6.58 Å². The first kappa shape index (κ1) is 18.1. The number of nitrogens with one attached hydrogen (secondary N) is 1. The number of hydrogen-bond donors (Lipinski definition) is 2. The first-order valence-corrected chi connectivity index (χ1v) is 8.65. The lowest BCUT2D eigenvalue weighted by molar-refractivity contribution is 0.0687. The van der Waals surface area contributed by atoms with Gasteiger partial charge in [-0.1, -0.05) is 6.08 Å². The lowest BCUT2D eigenvalue weighted by Gasteiger charge is -2.31. The molecule has 0 aromatic carbocycles. The molecule has 0 spiro atoms. The maximum Gasteiger partial charge on any atom is 0.356 e. The third kappa shape index (κ3) is 3.60. The van der Waals surface area contributed by atoms with Gasteiger partial charge in [-0.3, -0.25) is 9.58 Å². The summed E-state index contributed by atoms with van der Waals surface area (Å²) in [7, 11) is 3.84. The number of fused-ring (bicyclic) bond motifs is 1. The Balaban J connectivity index is 1.76. The van der Waals surface area contributed by atoms with Gasteiger partial charge >= 0.3 is 5.97 Å². The second kappa shape index (κ2) is 7.65. The van der Waals surface area contributed by atoms with Crippen LogP contribution in [-0.2, 0) is 25.9 Å². The highest BCUT2D eigenvalue weighted by Crippen LogP contribution is 2.28. The average molecular weight is 356 g/mol. The first-order chi connectivity index (χ1) is 12.5. The molecule has 1 aliphatic rings. The molecular weight excluding hydrogens is 332 g/mol. The number of carboxylic acid groups (broad SMARTS) is 1. The van der Waals surface area contributed by atoms with Crippen molar-refractivity contribution < 1.29 is 9.90 Å². The summed E-state index contributed by atoms with van der Waals surface area (Å²) in [6, 6.07) is 0.256. The number of allylic oxidation sites excluding steroid dienone is 1. The van der Waals surface area contributed by atoms with Gasteiger partial charge in [-0.25, -0.2) is 14.8 Å². The van der Waals surface area contributed by atoms with E-state index in [0.29, 0.717) is 25.5 Å². The molecule has 0 radical (unpaired) electrons. The highest BCUT2D eigenvalue weighted by atomic mass is 16.4. The van der Waals surface area contributed by atoms with Gasteiger partial charge in [0.15, 0.2) is 5.69 Å². The quantitative estimate of drug-likeness (QED) is 0.727. The molecule has 0 saturated carbocycles. The van der Waals surface area contributed by atoms with Crippen molar-refractivity contribution in [1.29, 1.82) is 0 Å². The Morgan fingerprint density at radius 2 is 2.23 bits per heavy atom. The van der Waals surface area contributed by atoms with Gasteiger partial charge in [-0.05, 0) is 26.3 Å². The molecule has 0 amide bonds. The van der Waals surface area contributed by atoms with Crippen molar-refractivity contribution in [1.82, 2.24) is 24.6 Å². The molecule has 0 fully saturated rings. The molecule has 0 saturated heterocycles. The molecule has 0 bridgehead atoms. The fraction of sp³-hybridized carbons (Fsp3) is 0.444. The number of nitrogens with zero attached hydrogens (tertiary/aromatic N) is 5. The Labute approximate surface area is 152 Å². The zero-order chi connectivity index (χ0) is 18.7. The number of aromatic carboxylic acids is 1. The largest absolute Gasteiger partial charge is 0.476 e. The lowest BCUT2D eigenvalue weighted by atomic mass is 9.90. The third-order valence-electron chi connectivity index (χ3n) is 4.81. The lowest BCUT2D eigenvalue weighted by Crippen LogP contribution is -2.36. The molecule has 8 nitrogen and oxygen atoms in total. The highest BCUT2D eigenvalue weighted by molar-refractivity contribution is 5.87. The van der Waals surface area contributed by atoms with Crippen LogP contribution in [0.25, 0.3) is 0 Å². The van der Waals surface area contributed by atoms with Gasteiger partial charge in [0, 0.05) is 48.8 Å². The number of hydrogen-bond acceptors (Lipinski definition) is 6. The number of carboxylic acids is 1. The number of aromatic nitrogens is 4. The van der Waals surface area contributed by atoms with Crippen LogP contribution in [0.1, 0.15) is 33.7 Å². The Bertz CT molecular complexity index is 799. The van der Waals surface area contributed by atoms with E-state index in [4.69, 9.17) is 0 Å². The summed E-state index contributed by atoms with van der Waals surface area (Å²) in [5, 5.41) is 16.7.